The van der Waals surface area contributed by atoms with Crippen LogP contribution in [-0.2, 0) is 14.4 Å². The maximum absolute atomic E-state index is 12.2. The van der Waals surface area contributed by atoms with Gasteiger partial charge in [-0.25, -0.2) is 0 Å². The van der Waals surface area contributed by atoms with Crippen LogP contribution in [0.15, 0.2) is 24.3 Å². The monoisotopic (exact) mass is 349 g/mol. The van der Waals surface area contributed by atoms with Crippen molar-refractivity contribution in [2.24, 2.45) is 11.8 Å². The first kappa shape index (κ1) is 16.8. The van der Waals surface area contributed by atoms with Crippen molar-refractivity contribution in [3.05, 3.63) is 29.3 Å². The van der Waals surface area contributed by atoms with E-state index in [0.29, 0.717) is 30.3 Å². The maximum atomic E-state index is 12.2. The molecule has 7 heteroatoms. The summed E-state index contributed by atoms with van der Waals surface area (Å²) in [5, 5.41) is 6.13. The summed E-state index contributed by atoms with van der Waals surface area (Å²) in [6, 6.07) is 7.04. The van der Waals surface area contributed by atoms with Gasteiger partial charge in [0.25, 0.3) is 0 Å². The third-order valence-electron chi connectivity index (χ3n) is 4.29. The second-order valence-electron chi connectivity index (χ2n) is 6.24. The SMILES string of the molecule is O=C(NCCNC(=O)[C@@H]1CC(=O)N(c2cccc(Cl)c2)C1)C1CC1. The Kier molecular flexibility index (Phi) is 5.04. The van der Waals surface area contributed by atoms with E-state index >= 15 is 0 Å². The molecule has 1 atom stereocenters. The van der Waals surface area contributed by atoms with E-state index in [1.54, 1.807) is 29.2 Å². The van der Waals surface area contributed by atoms with Gasteiger partial charge >= 0.3 is 0 Å². The first-order chi connectivity index (χ1) is 11.5. The topological polar surface area (TPSA) is 78.5 Å². The summed E-state index contributed by atoms with van der Waals surface area (Å²) in [7, 11) is 0. The number of nitrogens with zero attached hydrogens (tertiary/aromatic N) is 1. The molecule has 0 aromatic heterocycles. The second kappa shape index (κ2) is 7.21. The average Bonchev–Trinajstić information content (AvgIpc) is 3.33. The van der Waals surface area contributed by atoms with E-state index in [1.165, 1.54) is 0 Å². The minimum absolute atomic E-state index is 0.0624. The van der Waals surface area contributed by atoms with Gasteiger partial charge in [0.15, 0.2) is 0 Å². The predicted octanol–water partition coefficient (Wildman–Crippen LogP) is 1.34. The molecule has 2 fully saturated rings. The Balaban J connectivity index is 1.46. The van der Waals surface area contributed by atoms with Gasteiger partial charge in [-0.05, 0) is 31.0 Å². The van der Waals surface area contributed by atoms with E-state index in [4.69, 9.17) is 11.6 Å². The standard InChI is InChI=1S/C17H20ClN3O3/c18-13-2-1-3-14(9-13)21-10-12(8-15(21)22)17(24)20-7-6-19-16(23)11-4-5-11/h1-3,9,11-12H,4-8,10H2,(H,19,23)(H,20,24)/t12-/m1/s1. The number of rotatable bonds is 6. The Bertz CT molecular complexity index is 660. The van der Waals surface area contributed by atoms with Gasteiger partial charge in [0, 0.05) is 42.7 Å². The summed E-state index contributed by atoms with van der Waals surface area (Å²) in [6.45, 7) is 1.14. The number of hydrogen-bond donors (Lipinski definition) is 2. The highest BCUT2D eigenvalue weighted by Crippen LogP contribution is 2.28. The van der Waals surface area contributed by atoms with Crippen molar-refractivity contribution in [2.45, 2.75) is 19.3 Å². The van der Waals surface area contributed by atoms with Gasteiger partial charge in [-0.15, -0.1) is 0 Å². The summed E-state index contributed by atoms with van der Waals surface area (Å²) in [6.07, 6.45) is 2.11. The Morgan fingerprint density at radius 3 is 2.42 bits per heavy atom. The van der Waals surface area contributed by atoms with Crippen LogP contribution in [0.25, 0.3) is 0 Å². The van der Waals surface area contributed by atoms with Crippen LogP contribution < -0.4 is 15.5 Å². The van der Waals surface area contributed by atoms with E-state index in [0.717, 1.165) is 12.8 Å². The third kappa shape index (κ3) is 4.06. The molecule has 0 spiro atoms. The molecule has 1 aliphatic carbocycles. The highest BCUT2D eigenvalue weighted by Gasteiger charge is 2.35. The molecule has 1 aromatic rings. The molecular formula is C17H20ClN3O3. The molecule has 2 aliphatic rings. The zero-order valence-corrected chi connectivity index (χ0v) is 14.0. The molecule has 0 bridgehead atoms. The molecule has 0 unspecified atom stereocenters. The molecule has 1 saturated carbocycles. The Labute approximate surface area is 145 Å². The first-order valence-corrected chi connectivity index (χ1v) is 8.54. The average molecular weight is 350 g/mol. The van der Waals surface area contributed by atoms with E-state index in [-0.39, 0.29) is 36.0 Å². The van der Waals surface area contributed by atoms with Crippen molar-refractivity contribution in [2.75, 3.05) is 24.5 Å². The predicted molar refractivity (Wildman–Crippen MR) is 90.7 cm³/mol. The van der Waals surface area contributed by atoms with Crippen LogP contribution in [0.2, 0.25) is 5.02 Å². The molecule has 3 rings (SSSR count). The van der Waals surface area contributed by atoms with E-state index in [9.17, 15) is 14.4 Å². The second-order valence-corrected chi connectivity index (χ2v) is 6.68. The summed E-state index contributed by atoms with van der Waals surface area (Å²) < 4.78 is 0. The number of halogens is 1. The van der Waals surface area contributed by atoms with Crippen molar-refractivity contribution in [1.82, 2.24) is 10.6 Å². The largest absolute Gasteiger partial charge is 0.354 e. The van der Waals surface area contributed by atoms with Gasteiger partial charge in [0.2, 0.25) is 17.7 Å². The minimum atomic E-state index is -0.379. The van der Waals surface area contributed by atoms with Crippen LogP contribution in [0.1, 0.15) is 19.3 Å². The fourth-order valence-electron chi connectivity index (χ4n) is 2.78. The van der Waals surface area contributed by atoms with Gasteiger partial charge in [-0.3, -0.25) is 14.4 Å². The Morgan fingerprint density at radius 2 is 1.79 bits per heavy atom. The zero-order valence-electron chi connectivity index (χ0n) is 13.3. The lowest BCUT2D eigenvalue weighted by molar-refractivity contribution is -0.126. The number of anilines is 1. The van der Waals surface area contributed by atoms with Gasteiger partial charge in [0.1, 0.15) is 0 Å². The molecule has 24 heavy (non-hydrogen) atoms. The maximum Gasteiger partial charge on any atom is 0.227 e. The van der Waals surface area contributed by atoms with Crippen molar-refractivity contribution in [3.8, 4) is 0 Å². The lowest BCUT2D eigenvalue weighted by atomic mass is 10.1. The molecule has 128 valence electrons. The van der Waals surface area contributed by atoms with Crippen LogP contribution in [0.4, 0.5) is 5.69 Å². The normalized spacial score (nSPS) is 20.1. The van der Waals surface area contributed by atoms with E-state index < -0.39 is 0 Å². The third-order valence-corrected chi connectivity index (χ3v) is 4.52. The summed E-state index contributed by atoms with van der Waals surface area (Å²) in [5.41, 5.74) is 0.708. The van der Waals surface area contributed by atoms with Crippen LogP contribution in [0.5, 0.6) is 0 Å². The van der Waals surface area contributed by atoms with Crippen LogP contribution in [-0.4, -0.2) is 37.4 Å². The molecule has 6 nitrogen and oxygen atoms in total. The lowest BCUT2D eigenvalue weighted by Gasteiger charge is -2.17. The molecule has 1 aliphatic heterocycles. The quantitative estimate of drug-likeness (QED) is 0.761. The van der Waals surface area contributed by atoms with Crippen LogP contribution in [0, 0.1) is 11.8 Å². The van der Waals surface area contributed by atoms with Crippen LogP contribution >= 0.6 is 11.6 Å². The highest BCUT2D eigenvalue weighted by atomic mass is 35.5. The molecule has 0 radical (unpaired) electrons. The van der Waals surface area contributed by atoms with E-state index in [2.05, 4.69) is 10.6 Å². The smallest absolute Gasteiger partial charge is 0.227 e. The Morgan fingerprint density at radius 1 is 1.12 bits per heavy atom. The molecule has 1 aromatic carbocycles. The van der Waals surface area contributed by atoms with E-state index in [1.807, 2.05) is 0 Å². The fourth-order valence-corrected chi connectivity index (χ4v) is 2.97. The summed E-state index contributed by atoms with van der Waals surface area (Å²) in [5.74, 6) is -0.393. The molecule has 1 heterocycles. The number of carbonyl (C=O) groups excluding carboxylic acids is 3. The number of nitrogens with one attached hydrogen (secondary N) is 2. The molecular weight excluding hydrogens is 330 g/mol. The number of hydrogen-bond acceptors (Lipinski definition) is 3. The van der Waals surface area contributed by atoms with Gasteiger partial charge in [-0.1, -0.05) is 17.7 Å². The fraction of sp³-hybridized carbons (Fsp3) is 0.471. The van der Waals surface area contributed by atoms with Crippen molar-refractivity contribution in [3.63, 3.8) is 0 Å². The molecule has 2 N–H and O–H groups in total. The van der Waals surface area contributed by atoms with Gasteiger partial charge < -0.3 is 15.5 Å². The first-order valence-electron chi connectivity index (χ1n) is 8.16. The number of carbonyl (C=O) groups is 3. The zero-order chi connectivity index (χ0) is 17.1. The van der Waals surface area contributed by atoms with Gasteiger partial charge in [0.05, 0.1) is 5.92 Å². The van der Waals surface area contributed by atoms with Crippen molar-refractivity contribution >= 4 is 35.0 Å². The van der Waals surface area contributed by atoms with Gasteiger partial charge in [-0.2, -0.15) is 0 Å². The number of amides is 3. The Hall–Kier alpha value is -2.08. The molecule has 1 saturated heterocycles. The highest BCUT2D eigenvalue weighted by molar-refractivity contribution is 6.31. The summed E-state index contributed by atoms with van der Waals surface area (Å²) in [4.78, 5) is 37.4. The minimum Gasteiger partial charge on any atom is -0.354 e. The lowest BCUT2D eigenvalue weighted by Crippen LogP contribution is -2.38. The van der Waals surface area contributed by atoms with Crippen molar-refractivity contribution in [1.29, 1.82) is 0 Å². The van der Waals surface area contributed by atoms with Crippen LogP contribution in [0.3, 0.4) is 0 Å². The molecule has 3 amide bonds. The summed E-state index contributed by atoms with van der Waals surface area (Å²) >= 11 is 5.95. The number of benzene rings is 1. The van der Waals surface area contributed by atoms with Crippen molar-refractivity contribution < 1.29 is 14.4 Å².